The second-order valence-electron chi connectivity index (χ2n) is 3.52. The highest BCUT2D eigenvalue weighted by atomic mass is 79.9. The van der Waals surface area contributed by atoms with Crippen molar-refractivity contribution in [1.29, 1.82) is 0 Å². The van der Waals surface area contributed by atoms with Gasteiger partial charge >= 0.3 is 0 Å². The van der Waals surface area contributed by atoms with Crippen molar-refractivity contribution in [2.24, 2.45) is 10.9 Å². The van der Waals surface area contributed by atoms with E-state index < -0.39 is 0 Å². The predicted octanol–water partition coefficient (Wildman–Crippen LogP) is 3.85. The fourth-order valence-corrected chi connectivity index (χ4v) is 3.25. The molecule has 0 amide bonds. The van der Waals surface area contributed by atoms with Crippen LogP contribution < -0.4 is 5.73 Å². The van der Waals surface area contributed by atoms with Crippen molar-refractivity contribution >= 4 is 49.5 Å². The maximum atomic E-state index is 8.65. The molecule has 19 heavy (non-hydrogen) atoms. The maximum Gasteiger partial charge on any atom is 0.170 e. The summed E-state index contributed by atoms with van der Waals surface area (Å²) in [4.78, 5) is 5.29. The van der Waals surface area contributed by atoms with Gasteiger partial charge in [-0.05, 0) is 62.2 Å². The molecule has 4 nitrogen and oxygen atoms in total. The number of nitrogens with two attached hydrogens (primary N) is 1. The van der Waals surface area contributed by atoms with Crippen molar-refractivity contribution in [3.05, 3.63) is 51.0 Å². The number of nitrogens with zero attached hydrogens (tertiary/aromatic N) is 2. The van der Waals surface area contributed by atoms with E-state index in [1.807, 2.05) is 18.2 Å². The molecule has 0 unspecified atom stereocenters. The minimum absolute atomic E-state index is 0.0799. The van der Waals surface area contributed by atoms with E-state index in [2.05, 4.69) is 42.0 Å². The topological polar surface area (TPSA) is 71.5 Å². The Labute approximate surface area is 131 Å². The highest BCUT2D eigenvalue weighted by Crippen LogP contribution is 2.36. The van der Waals surface area contributed by atoms with Gasteiger partial charge in [-0.3, -0.25) is 0 Å². The van der Waals surface area contributed by atoms with Gasteiger partial charge in [0.15, 0.2) is 5.84 Å². The first-order valence-electron chi connectivity index (χ1n) is 5.17. The van der Waals surface area contributed by atoms with Gasteiger partial charge in [-0.25, -0.2) is 4.98 Å². The first-order chi connectivity index (χ1) is 9.11. The van der Waals surface area contributed by atoms with Gasteiger partial charge in [0.1, 0.15) is 5.03 Å². The van der Waals surface area contributed by atoms with Crippen LogP contribution in [0.1, 0.15) is 5.56 Å². The molecule has 1 heterocycles. The van der Waals surface area contributed by atoms with Crippen LogP contribution >= 0.6 is 43.6 Å². The molecule has 0 saturated heterocycles. The van der Waals surface area contributed by atoms with Crippen molar-refractivity contribution in [3.8, 4) is 0 Å². The van der Waals surface area contributed by atoms with Crippen molar-refractivity contribution in [1.82, 2.24) is 4.98 Å². The van der Waals surface area contributed by atoms with Crippen molar-refractivity contribution in [2.75, 3.05) is 0 Å². The molecule has 0 aliphatic carbocycles. The van der Waals surface area contributed by atoms with Crippen molar-refractivity contribution in [2.45, 2.75) is 9.92 Å². The van der Waals surface area contributed by atoms with E-state index in [0.717, 1.165) is 18.9 Å². The lowest BCUT2D eigenvalue weighted by Crippen LogP contribution is -2.12. The van der Waals surface area contributed by atoms with E-state index in [9.17, 15) is 0 Å². The average molecular weight is 403 g/mol. The molecule has 0 saturated carbocycles. The third-order valence-corrected chi connectivity index (χ3v) is 5.18. The van der Waals surface area contributed by atoms with E-state index >= 15 is 0 Å². The molecule has 0 aliphatic rings. The Morgan fingerprint density at radius 2 is 2.05 bits per heavy atom. The summed E-state index contributed by atoms with van der Waals surface area (Å²) in [6.45, 7) is 0. The second-order valence-corrected chi connectivity index (χ2v) is 6.26. The lowest BCUT2D eigenvalue weighted by molar-refractivity contribution is 0.318. The number of pyridine rings is 1. The molecular formula is C12H9Br2N3OS. The molecule has 2 aromatic rings. The van der Waals surface area contributed by atoms with Gasteiger partial charge in [0.05, 0.1) is 4.47 Å². The van der Waals surface area contributed by atoms with E-state index in [1.165, 1.54) is 11.8 Å². The lowest BCUT2D eigenvalue weighted by atomic mass is 10.2. The molecule has 0 bridgehead atoms. The minimum atomic E-state index is 0.0799. The van der Waals surface area contributed by atoms with E-state index in [4.69, 9.17) is 10.9 Å². The van der Waals surface area contributed by atoms with Gasteiger partial charge < -0.3 is 10.9 Å². The molecule has 0 spiro atoms. The molecule has 2 rings (SSSR count). The summed E-state index contributed by atoms with van der Waals surface area (Å²) in [5.74, 6) is 0.0799. The Kier molecular flexibility index (Phi) is 4.84. The number of halogens is 2. The summed E-state index contributed by atoms with van der Waals surface area (Å²) >= 11 is 8.45. The molecule has 0 aliphatic heterocycles. The van der Waals surface area contributed by atoms with Crippen LogP contribution in [-0.2, 0) is 0 Å². The normalized spacial score (nSPS) is 11.6. The van der Waals surface area contributed by atoms with E-state index in [-0.39, 0.29) is 5.84 Å². The van der Waals surface area contributed by atoms with Crippen LogP contribution in [0, 0.1) is 0 Å². The van der Waals surface area contributed by atoms with Crippen molar-refractivity contribution in [3.63, 3.8) is 0 Å². The summed E-state index contributed by atoms with van der Waals surface area (Å²) in [7, 11) is 0. The number of rotatable bonds is 3. The van der Waals surface area contributed by atoms with Gasteiger partial charge in [0.2, 0.25) is 0 Å². The van der Waals surface area contributed by atoms with Crippen molar-refractivity contribution < 1.29 is 5.21 Å². The molecular weight excluding hydrogens is 394 g/mol. The average Bonchev–Trinajstić information content (AvgIpc) is 2.42. The molecule has 1 aromatic carbocycles. The summed E-state index contributed by atoms with van der Waals surface area (Å²) in [5.41, 5.74) is 6.19. The fraction of sp³-hybridized carbons (Fsp3) is 0. The Bertz CT molecular complexity index is 634. The Morgan fingerprint density at radius 1 is 1.26 bits per heavy atom. The molecule has 0 fully saturated rings. The van der Waals surface area contributed by atoms with Crippen LogP contribution in [0.5, 0.6) is 0 Å². The third-order valence-electron chi connectivity index (χ3n) is 2.27. The fourth-order valence-electron chi connectivity index (χ4n) is 1.35. The molecule has 3 N–H and O–H groups in total. The second kappa shape index (κ2) is 6.40. The first-order valence-corrected chi connectivity index (χ1v) is 7.58. The Hall–Kier alpha value is -1.05. The SMILES string of the molecule is N/C(=N/O)c1ccc(Sc2ncccc2Br)c(Br)c1. The number of oxime groups is 1. The zero-order valence-corrected chi connectivity index (χ0v) is 13.5. The summed E-state index contributed by atoms with van der Waals surface area (Å²) in [6.07, 6.45) is 1.74. The number of benzene rings is 1. The lowest BCUT2D eigenvalue weighted by Gasteiger charge is -2.07. The van der Waals surface area contributed by atoms with Crippen LogP contribution in [0.2, 0.25) is 0 Å². The zero-order chi connectivity index (χ0) is 13.8. The zero-order valence-electron chi connectivity index (χ0n) is 9.55. The number of hydrogen-bond acceptors (Lipinski definition) is 4. The minimum Gasteiger partial charge on any atom is -0.409 e. The van der Waals surface area contributed by atoms with Gasteiger partial charge in [-0.2, -0.15) is 0 Å². The van der Waals surface area contributed by atoms with E-state index in [0.29, 0.717) is 5.56 Å². The smallest absolute Gasteiger partial charge is 0.170 e. The largest absolute Gasteiger partial charge is 0.409 e. The Morgan fingerprint density at radius 3 is 2.68 bits per heavy atom. The number of amidine groups is 1. The molecule has 98 valence electrons. The monoisotopic (exact) mass is 401 g/mol. The van der Waals surface area contributed by atoms with Crippen LogP contribution in [0.25, 0.3) is 0 Å². The van der Waals surface area contributed by atoms with Crippen LogP contribution in [0.4, 0.5) is 0 Å². The molecule has 1 aromatic heterocycles. The highest BCUT2D eigenvalue weighted by molar-refractivity contribution is 9.11. The summed E-state index contributed by atoms with van der Waals surface area (Å²) in [6, 6.07) is 9.29. The standard InChI is InChI=1S/C12H9Br2N3OS/c13-8-2-1-5-16-12(8)19-10-4-3-7(6-9(10)14)11(15)17-18/h1-6,18H,(H2,15,17). The molecule has 7 heteroatoms. The third kappa shape index (κ3) is 3.49. The highest BCUT2D eigenvalue weighted by Gasteiger charge is 2.08. The number of hydrogen-bond donors (Lipinski definition) is 2. The van der Waals surface area contributed by atoms with Gasteiger partial charge in [0.25, 0.3) is 0 Å². The quantitative estimate of drug-likeness (QED) is 0.354. The van der Waals surface area contributed by atoms with Crippen LogP contribution in [0.3, 0.4) is 0 Å². The van der Waals surface area contributed by atoms with Gasteiger partial charge in [0, 0.05) is 21.1 Å². The van der Waals surface area contributed by atoms with Crippen LogP contribution in [0.15, 0.2) is 60.6 Å². The first kappa shape index (κ1) is 14.4. The molecule has 0 atom stereocenters. The van der Waals surface area contributed by atoms with Gasteiger partial charge in [-0.1, -0.05) is 16.9 Å². The van der Waals surface area contributed by atoms with E-state index in [1.54, 1.807) is 18.3 Å². The Balaban J connectivity index is 2.30. The maximum absolute atomic E-state index is 8.65. The predicted molar refractivity (Wildman–Crippen MR) is 82.7 cm³/mol. The van der Waals surface area contributed by atoms with Gasteiger partial charge in [-0.15, -0.1) is 0 Å². The van der Waals surface area contributed by atoms with Crippen LogP contribution in [-0.4, -0.2) is 16.0 Å². The summed E-state index contributed by atoms with van der Waals surface area (Å²) < 4.78 is 1.80. The summed E-state index contributed by atoms with van der Waals surface area (Å²) in [5, 5.41) is 12.5. The molecule has 0 radical (unpaired) electrons. The number of aromatic nitrogens is 1.